The van der Waals surface area contributed by atoms with Crippen molar-refractivity contribution in [2.75, 3.05) is 0 Å². The molecule has 0 saturated heterocycles. The van der Waals surface area contributed by atoms with E-state index in [1.165, 1.54) is 69.0 Å². The van der Waals surface area contributed by atoms with Gasteiger partial charge in [0.05, 0.1) is 27.6 Å². The van der Waals surface area contributed by atoms with Crippen LogP contribution >= 0.6 is 11.3 Å². The lowest BCUT2D eigenvalue weighted by molar-refractivity contribution is 1.02. The van der Waals surface area contributed by atoms with Gasteiger partial charge in [-0.15, -0.1) is 11.3 Å². The maximum absolute atomic E-state index is 5.49. The highest BCUT2D eigenvalue weighted by molar-refractivity contribution is 7.25. The van der Waals surface area contributed by atoms with Crippen LogP contribution < -0.4 is 0 Å². The van der Waals surface area contributed by atoms with E-state index in [0.29, 0.717) is 5.95 Å². The van der Waals surface area contributed by atoms with Gasteiger partial charge >= 0.3 is 0 Å². The average molecular weight is 752 g/mol. The van der Waals surface area contributed by atoms with Crippen LogP contribution in [-0.4, -0.2) is 14.5 Å². The topological polar surface area (TPSA) is 30.7 Å². The minimum absolute atomic E-state index is 0.628. The lowest BCUT2D eigenvalue weighted by Crippen LogP contribution is -2.04. The summed E-state index contributed by atoms with van der Waals surface area (Å²) in [7, 11) is 0. The van der Waals surface area contributed by atoms with Crippen LogP contribution in [0, 0.1) is 12.1 Å². The predicted molar refractivity (Wildman–Crippen MR) is 245 cm³/mol. The molecule has 13 aromatic rings. The van der Waals surface area contributed by atoms with Crippen molar-refractivity contribution >= 4 is 107 Å². The van der Waals surface area contributed by atoms with Crippen molar-refractivity contribution in [1.82, 2.24) is 14.5 Å². The third kappa shape index (κ3) is 4.45. The highest BCUT2D eigenvalue weighted by atomic mass is 32.1. The second kappa shape index (κ2) is 12.0. The molecular formula is C54H29N3S. The number of fused-ring (bicyclic) bond motifs is 15. The Morgan fingerprint density at radius 2 is 1.19 bits per heavy atom. The first-order valence-electron chi connectivity index (χ1n) is 19.6. The van der Waals surface area contributed by atoms with Gasteiger partial charge in [0.25, 0.3) is 0 Å². The zero-order chi connectivity index (χ0) is 37.9. The van der Waals surface area contributed by atoms with E-state index in [9.17, 15) is 0 Å². The fraction of sp³-hybridized carbons (Fsp3) is 0. The first kappa shape index (κ1) is 31.6. The van der Waals surface area contributed by atoms with Crippen molar-refractivity contribution in [3.05, 3.63) is 188 Å². The number of benzene rings is 9. The average Bonchev–Trinajstić information content (AvgIpc) is 3.84. The molecule has 0 atom stereocenters. The van der Waals surface area contributed by atoms with E-state index in [1.807, 2.05) is 17.4 Å². The zero-order valence-corrected chi connectivity index (χ0v) is 31.8. The molecule has 0 bridgehead atoms. The fourth-order valence-corrected chi connectivity index (χ4v) is 10.5. The van der Waals surface area contributed by atoms with Crippen LogP contribution in [0.15, 0.2) is 176 Å². The summed E-state index contributed by atoms with van der Waals surface area (Å²) in [5, 5.41) is 15.3. The van der Waals surface area contributed by atoms with Gasteiger partial charge in [0.2, 0.25) is 5.95 Å². The number of para-hydroxylation sites is 2. The van der Waals surface area contributed by atoms with Crippen molar-refractivity contribution in [2.24, 2.45) is 0 Å². The van der Waals surface area contributed by atoms with Gasteiger partial charge in [0.1, 0.15) is 0 Å². The van der Waals surface area contributed by atoms with Gasteiger partial charge < -0.3 is 0 Å². The number of thiophene rings is 1. The molecule has 0 unspecified atom stereocenters. The summed E-state index contributed by atoms with van der Waals surface area (Å²) in [5.41, 5.74) is 7.37. The molecule has 0 N–H and O–H groups in total. The number of hydrogen-bond acceptors (Lipinski definition) is 3. The number of rotatable bonds is 3. The van der Waals surface area contributed by atoms with E-state index in [0.717, 1.165) is 49.4 Å². The SMILES string of the molecule is c1ccc2c(c#1)c1c(c3ccccc3n1-c1nc(-c3ccc4ccccc4c3)c3ccccc3n1)c1c3ccccc3c(-c3ccc4sc5ccccc5c4c3)cc21. The Hall–Kier alpha value is -7.58. The minimum atomic E-state index is 0.628. The molecule has 0 amide bonds. The largest absolute Gasteiger partial charge is 0.277 e. The lowest BCUT2D eigenvalue weighted by Gasteiger charge is -2.16. The zero-order valence-electron chi connectivity index (χ0n) is 31.0. The first-order valence-corrected chi connectivity index (χ1v) is 20.4. The molecule has 3 nitrogen and oxygen atoms in total. The van der Waals surface area contributed by atoms with Crippen molar-refractivity contribution in [3.8, 4) is 28.3 Å². The van der Waals surface area contributed by atoms with Gasteiger partial charge in [-0.3, -0.25) is 4.57 Å². The second-order valence-corrected chi connectivity index (χ2v) is 16.2. The van der Waals surface area contributed by atoms with Gasteiger partial charge in [-0.1, -0.05) is 133 Å². The van der Waals surface area contributed by atoms with E-state index >= 15 is 0 Å². The number of aromatic nitrogens is 3. The summed E-state index contributed by atoms with van der Waals surface area (Å²) in [6.07, 6.45) is 0. The van der Waals surface area contributed by atoms with Gasteiger partial charge in [-0.2, -0.15) is 0 Å². The molecule has 0 aliphatic carbocycles. The Balaban J connectivity index is 1.16. The summed E-state index contributed by atoms with van der Waals surface area (Å²) in [6, 6.07) is 70.3. The van der Waals surface area contributed by atoms with Crippen LogP contribution in [0.5, 0.6) is 0 Å². The molecule has 0 fully saturated rings. The molecule has 0 aliphatic heterocycles. The standard InChI is InChI=1S/C54H29N3S/c1-2-14-33-29-35(26-25-32(33)13-1)52-41-20-7-10-22-46(41)55-54(56-52)57-47-23-11-8-21-42(47)51-50-39-18-5-3-15-36(39)43(31-45(50)37-16-4-6-19-40(37)53(51)57)34-27-28-49-44(30-34)38-17-9-12-24-48(38)58-49/h1-5,7-18,20-31H. The highest BCUT2D eigenvalue weighted by Crippen LogP contribution is 2.47. The monoisotopic (exact) mass is 751 g/mol. The summed E-state index contributed by atoms with van der Waals surface area (Å²) in [4.78, 5) is 10.8. The number of hydrogen-bond donors (Lipinski definition) is 0. The molecular weight excluding hydrogens is 723 g/mol. The predicted octanol–water partition coefficient (Wildman–Crippen LogP) is 14.6. The van der Waals surface area contributed by atoms with Crippen molar-refractivity contribution in [3.63, 3.8) is 0 Å². The second-order valence-electron chi connectivity index (χ2n) is 15.1. The van der Waals surface area contributed by atoms with E-state index in [-0.39, 0.29) is 0 Å². The van der Waals surface area contributed by atoms with Crippen molar-refractivity contribution < 1.29 is 0 Å². The summed E-state index contributed by atoms with van der Waals surface area (Å²) in [5.74, 6) is 0.628. The van der Waals surface area contributed by atoms with Crippen LogP contribution in [0.4, 0.5) is 0 Å². The normalized spacial score (nSPS) is 12.0. The van der Waals surface area contributed by atoms with Crippen molar-refractivity contribution in [1.29, 1.82) is 0 Å². The molecule has 0 spiro atoms. The minimum Gasteiger partial charge on any atom is -0.277 e. The lowest BCUT2D eigenvalue weighted by atomic mass is 9.88. The van der Waals surface area contributed by atoms with Crippen LogP contribution in [-0.2, 0) is 0 Å². The van der Waals surface area contributed by atoms with Crippen molar-refractivity contribution in [2.45, 2.75) is 0 Å². The molecule has 4 heteroatoms. The maximum Gasteiger partial charge on any atom is 0.235 e. The molecule has 3 heterocycles. The van der Waals surface area contributed by atoms with Crippen LogP contribution in [0.2, 0.25) is 0 Å². The molecule has 10 aromatic carbocycles. The Labute approximate surface area is 336 Å². The van der Waals surface area contributed by atoms with Gasteiger partial charge in [-0.05, 0) is 92.7 Å². The smallest absolute Gasteiger partial charge is 0.235 e. The van der Waals surface area contributed by atoms with Gasteiger partial charge in [0, 0.05) is 52.7 Å². The third-order valence-electron chi connectivity index (χ3n) is 12.0. The molecule has 13 rings (SSSR count). The Bertz CT molecular complexity index is 3870. The molecule has 0 aliphatic rings. The molecule has 0 radical (unpaired) electrons. The van der Waals surface area contributed by atoms with E-state index in [1.54, 1.807) is 0 Å². The summed E-state index contributed by atoms with van der Waals surface area (Å²) >= 11 is 1.86. The molecule has 58 heavy (non-hydrogen) atoms. The first-order chi connectivity index (χ1) is 28.8. The maximum atomic E-state index is 5.49. The van der Waals surface area contributed by atoms with Crippen LogP contribution in [0.1, 0.15) is 0 Å². The molecule has 266 valence electrons. The number of nitrogens with zero attached hydrogens (tertiary/aromatic N) is 3. The van der Waals surface area contributed by atoms with E-state index < -0.39 is 0 Å². The Morgan fingerprint density at radius 3 is 2.10 bits per heavy atom. The van der Waals surface area contributed by atoms with E-state index in [2.05, 4.69) is 187 Å². The van der Waals surface area contributed by atoms with Crippen LogP contribution in [0.3, 0.4) is 0 Å². The Kier molecular flexibility index (Phi) is 6.52. The Morgan fingerprint density at radius 1 is 0.466 bits per heavy atom. The third-order valence-corrected chi connectivity index (χ3v) is 13.1. The summed E-state index contributed by atoms with van der Waals surface area (Å²) in [6.45, 7) is 0. The molecule has 0 saturated carbocycles. The van der Waals surface area contributed by atoms with Crippen LogP contribution in [0.25, 0.3) is 124 Å². The van der Waals surface area contributed by atoms with E-state index in [4.69, 9.17) is 9.97 Å². The van der Waals surface area contributed by atoms with Gasteiger partial charge in [-0.25, -0.2) is 9.97 Å². The fourth-order valence-electron chi connectivity index (χ4n) is 9.45. The quantitative estimate of drug-likeness (QED) is 0.168. The summed E-state index contributed by atoms with van der Waals surface area (Å²) < 4.78 is 4.89. The highest BCUT2D eigenvalue weighted by Gasteiger charge is 2.24. The molecule has 3 aromatic heterocycles. The van der Waals surface area contributed by atoms with Gasteiger partial charge in [0.15, 0.2) is 0 Å².